The van der Waals surface area contributed by atoms with Gasteiger partial charge in [-0.25, -0.2) is 4.98 Å². The lowest BCUT2D eigenvalue weighted by Crippen LogP contribution is -2.44. The van der Waals surface area contributed by atoms with Gasteiger partial charge in [-0.2, -0.15) is 0 Å². The number of nitrogens with one attached hydrogen (secondary N) is 1. The molecule has 0 unspecified atom stereocenters. The van der Waals surface area contributed by atoms with Crippen LogP contribution in [0.2, 0.25) is 0 Å². The minimum absolute atomic E-state index is 0.0214. The molecule has 0 saturated carbocycles. The molecule has 7 heteroatoms. The quantitative estimate of drug-likeness (QED) is 0.878. The third-order valence-corrected chi connectivity index (χ3v) is 4.66. The molecule has 118 valence electrons. The Kier molecular flexibility index (Phi) is 4.74. The average molecular weight is 321 g/mol. The Morgan fingerprint density at radius 1 is 1.64 bits per heavy atom. The molecule has 0 radical (unpaired) electrons. The summed E-state index contributed by atoms with van der Waals surface area (Å²) in [5, 5.41) is 15.7. The van der Waals surface area contributed by atoms with Crippen molar-refractivity contribution in [3.05, 3.63) is 35.7 Å². The lowest BCUT2D eigenvalue weighted by molar-refractivity contribution is -0.125. The topological polar surface area (TPSA) is 78.6 Å². The molecule has 1 aliphatic rings. The van der Waals surface area contributed by atoms with Crippen molar-refractivity contribution < 1.29 is 14.3 Å². The van der Waals surface area contributed by atoms with Crippen LogP contribution in [-0.4, -0.2) is 35.6 Å². The van der Waals surface area contributed by atoms with E-state index in [0.717, 1.165) is 24.5 Å². The molecule has 2 aromatic heterocycles. The molecule has 0 bridgehead atoms. The summed E-state index contributed by atoms with van der Waals surface area (Å²) in [5.41, 5.74) is 0. The number of furan rings is 1. The highest BCUT2D eigenvalue weighted by molar-refractivity contribution is 7.13. The van der Waals surface area contributed by atoms with Gasteiger partial charge in [0.15, 0.2) is 5.13 Å². The largest absolute Gasteiger partial charge is 0.467 e. The summed E-state index contributed by atoms with van der Waals surface area (Å²) in [5.74, 6) is 0.377. The minimum Gasteiger partial charge on any atom is -0.467 e. The van der Waals surface area contributed by atoms with E-state index in [1.807, 2.05) is 5.38 Å². The number of hydrogen-bond acceptors (Lipinski definition) is 6. The Bertz CT molecular complexity index is 585. The monoisotopic (exact) mass is 321 g/mol. The van der Waals surface area contributed by atoms with Crippen LogP contribution in [0.15, 0.2) is 34.4 Å². The van der Waals surface area contributed by atoms with Crippen LogP contribution in [0.4, 0.5) is 5.13 Å². The smallest absolute Gasteiger partial charge is 0.225 e. The second-order valence-electron chi connectivity index (χ2n) is 5.38. The van der Waals surface area contributed by atoms with Crippen LogP contribution >= 0.6 is 11.3 Å². The summed E-state index contributed by atoms with van der Waals surface area (Å²) in [7, 11) is 0. The maximum Gasteiger partial charge on any atom is 0.225 e. The third-order valence-electron chi connectivity index (χ3n) is 3.82. The lowest BCUT2D eigenvalue weighted by Gasteiger charge is -2.31. The van der Waals surface area contributed by atoms with Crippen molar-refractivity contribution >= 4 is 22.4 Å². The standard InChI is InChI=1S/C15H19N3O3S/c19-12(13-4-2-7-21-13)9-17-14(20)11-3-1-6-18(10-11)15-16-5-8-22-15/h2,4-5,7-8,11-12,19H,1,3,6,9-10H2,(H,17,20)/t11-,12+/m1/s1. The maximum atomic E-state index is 12.3. The van der Waals surface area contributed by atoms with Crippen molar-refractivity contribution in [3.63, 3.8) is 0 Å². The van der Waals surface area contributed by atoms with E-state index < -0.39 is 6.10 Å². The predicted molar refractivity (Wildman–Crippen MR) is 83.7 cm³/mol. The number of piperidine rings is 1. The highest BCUT2D eigenvalue weighted by Crippen LogP contribution is 2.25. The molecule has 0 aromatic carbocycles. The zero-order chi connectivity index (χ0) is 15.4. The predicted octanol–water partition coefficient (Wildman–Crippen LogP) is 1.80. The zero-order valence-corrected chi connectivity index (χ0v) is 13.0. The second kappa shape index (κ2) is 6.93. The van der Waals surface area contributed by atoms with E-state index in [1.54, 1.807) is 29.7 Å². The van der Waals surface area contributed by atoms with Crippen LogP contribution in [0.25, 0.3) is 0 Å². The minimum atomic E-state index is -0.808. The van der Waals surface area contributed by atoms with E-state index in [9.17, 15) is 9.90 Å². The molecule has 1 saturated heterocycles. The fraction of sp³-hybridized carbons (Fsp3) is 0.467. The number of anilines is 1. The van der Waals surface area contributed by atoms with Gasteiger partial charge >= 0.3 is 0 Å². The van der Waals surface area contributed by atoms with E-state index >= 15 is 0 Å². The fourth-order valence-electron chi connectivity index (χ4n) is 2.66. The first-order valence-corrected chi connectivity index (χ1v) is 8.25. The molecule has 22 heavy (non-hydrogen) atoms. The van der Waals surface area contributed by atoms with Gasteiger partial charge in [0.25, 0.3) is 0 Å². The summed E-state index contributed by atoms with van der Waals surface area (Å²) in [4.78, 5) is 18.7. The van der Waals surface area contributed by atoms with Gasteiger partial charge in [0.1, 0.15) is 11.9 Å². The molecule has 3 rings (SSSR count). The van der Waals surface area contributed by atoms with Crippen molar-refractivity contribution in [2.45, 2.75) is 18.9 Å². The molecule has 2 atom stereocenters. The van der Waals surface area contributed by atoms with Crippen LogP contribution < -0.4 is 10.2 Å². The van der Waals surface area contributed by atoms with Crippen molar-refractivity contribution in [1.82, 2.24) is 10.3 Å². The zero-order valence-electron chi connectivity index (χ0n) is 12.1. The van der Waals surface area contributed by atoms with Crippen molar-refractivity contribution in [2.24, 2.45) is 5.92 Å². The number of aromatic nitrogens is 1. The van der Waals surface area contributed by atoms with Gasteiger partial charge in [-0.05, 0) is 25.0 Å². The highest BCUT2D eigenvalue weighted by atomic mass is 32.1. The van der Waals surface area contributed by atoms with Gasteiger partial charge < -0.3 is 19.7 Å². The van der Waals surface area contributed by atoms with Crippen LogP contribution in [0.3, 0.4) is 0 Å². The van der Waals surface area contributed by atoms with Crippen LogP contribution in [0.1, 0.15) is 24.7 Å². The molecule has 1 aliphatic heterocycles. The molecule has 3 heterocycles. The number of amides is 1. The number of thiazole rings is 1. The molecule has 2 N–H and O–H groups in total. The average Bonchev–Trinajstić information content (AvgIpc) is 3.25. The van der Waals surface area contributed by atoms with Crippen molar-refractivity contribution in [1.29, 1.82) is 0 Å². The molecular weight excluding hydrogens is 302 g/mol. The van der Waals surface area contributed by atoms with Gasteiger partial charge in [0.2, 0.25) is 5.91 Å². The van der Waals surface area contributed by atoms with Crippen LogP contribution in [-0.2, 0) is 4.79 Å². The maximum absolute atomic E-state index is 12.3. The van der Waals surface area contributed by atoms with E-state index in [-0.39, 0.29) is 18.4 Å². The first kappa shape index (κ1) is 15.1. The first-order chi connectivity index (χ1) is 10.7. The molecule has 0 spiro atoms. The number of rotatable bonds is 5. The van der Waals surface area contributed by atoms with Crippen LogP contribution in [0.5, 0.6) is 0 Å². The van der Waals surface area contributed by atoms with Gasteiger partial charge in [-0.15, -0.1) is 11.3 Å². The number of aliphatic hydroxyl groups is 1. The number of carbonyl (C=O) groups excluding carboxylic acids is 1. The highest BCUT2D eigenvalue weighted by Gasteiger charge is 2.27. The van der Waals surface area contributed by atoms with E-state index in [4.69, 9.17) is 4.42 Å². The molecule has 0 aliphatic carbocycles. The van der Waals surface area contributed by atoms with E-state index in [2.05, 4.69) is 15.2 Å². The van der Waals surface area contributed by atoms with E-state index in [0.29, 0.717) is 12.3 Å². The summed E-state index contributed by atoms with van der Waals surface area (Å²) in [6, 6.07) is 3.41. The van der Waals surface area contributed by atoms with Gasteiger partial charge in [-0.1, -0.05) is 0 Å². The summed E-state index contributed by atoms with van der Waals surface area (Å²) in [6.45, 7) is 1.78. The molecule has 6 nitrogen and oxygen atoms in total. The lowest BCUT2D eigenvalue weighted by atomic mass is 9.97. The van der Waals surface area contributed by atoms with Gasteiger partial charge in [0, 0.05) is 24.7 Å². The third kappa shape index (κ3) is 3.48. The second-order valence-corrected chi connectivity index (χ2v) is 6.25. The number of carbonyl (C=O) groups is 1. The number of aliphatic hydroxyl groups excluding tert-OH is 1. The number of hydrogen-bond donors (Lipinski definition) is 2. The molecule has 1 amide bonds. The Hall–Kier alpha value is -1.86. The van der Waals surface area contributed by atoms with Crippen molar-refractivity contribution in [3.8, 4) is 0 Å². The summed E-state index contributed by atoms with van der Waals surface area (Å²) < 4.78 is 5.12. The normalized spacial score (nSPS) is 19.9. The SMILES string of the molecule is O=C(NC[C@H](O)c1ccco1)[C@@H]1CCCN(c2nccs2)C1. The Morgan fingerprint density at radius 3 is 3.27 bits per heavy atom. The van der Waals surface area contributed by atoms with E-state index in [1.165, 1.54) is 6.26 Å². The Labute approximate surface area is 132 Å². The van der Waals surface area contributed by atoms with Gasteiger partial charge in [0.05, 0.1) is 18.7 Å². The Morgan fingerprint density at radius 2 is 2.55 bits per heavy atom. The van der Waals surface area contributed by atoms with Crippen LogP contribution in [0, 0.1) is 5.92 Å². The fourth-order valence-corrected chi connectivity index (χ4v) is 3.34. The number of nitrogens with zero attached hydrogens (tertiary/aromatic N) is 2. The van der Waals surface area contributed by atoms with Gasteiger partial charge in [-0.3, -0.25) is 4.79 Å². The molecule has 1 fully saturated rings. The summed E-state index contributed by atoms with van der Waals surface area (Å²) >= 11 is 1.59. The first-order valence-electron chi connectivity index (χ1n) is 7.37. The van der Waals surface area contributed by atoms with Crippen molar-refractivity contribution in [2.75, 3.05) is 24.5 Å². The Balaban J connectivity index is 1.51. The molecular formula is C15H19N3O3S. The molecule has 2 aromatic rings. The summed E-state index contributed by atoms with van der Waals surface area (Å²) in [6.07, 6.45) is 4.32.